The zero-order valence-electron chi connectivity index (χ0n) is 7.19. The van der Waals surface area contributed by atoms with Crippen LogP contribution >= 0.6 is 24.2 Å². The van der Waals surface area contributed by atoms with Crippen LogP contribution in [0.1, 0.15) is 11.1 Å². The molecule has 3 heteroatoms. The third-order valence-electron chi connectivity index (χ3n) is 1.69. The molecule has 0 spiro atoms. The van der Waals surface area contributed by atoms with E-state index in [0.717, 1.165) is 16.3 Å². The molecule has 1 nitrogen and oxygen atoms in total. The van der Waals surface area contributed by atoms with Gasteiger partial charge in [-0.05, 0) is 31.0 Å². The van der Waals surface area contributed by atoms with Crippen molar-refractivity contribution in [2.75, 3.05) is 11.2 Å². The lowest BCUT2D eigenvalue weighted by molar-refractivity contribution is 1.34. The van der Waals surface area contributed by atoms with E-state index in [1.54, 1.807) is 0 Å². The fourth-order valence-corrected chi connectivity index (χ4v) is 1.76. The lowest BCUT2D eigenvalue weighted by atomic mass is 10.1. The van der Waals surface area contributed by atoms with Gasteiger partial charge in [-0.1, -0.05) is 17.7 Å². The molecular weight excluding hydrogens is 190 g/mol. The first-order chi connectivity index (χ1) is 5.65. The summed E-state index contributed by atoms with van der Waals surface area (Å²) in [5.74, 6) is 0.601. The second-order valence-corrected chi connectivity index (χ2v) is 3.50. The van der Waals surface area contributed by atoms with Crippen LogP contribution in [-0.4, -0.2) is 5.88 Å². The highest BCUT2D eigenvalue weighted by molar-refractivity contribution is 7.80. The Bertz CT molecular complexity index is 263. The molecule has 0 atom stereocenters. The van der Waals surface area contributed by atoms with E-state index in [1.807, 2.05) is 19.9 Å². The van der Waals surface area contributed by atoms with Gasteiger partial charge in [0.25, 0.3) is 0 Å². The maximum absolute atomic E-state index is 6.02. The second kappa shape index (κ2) is 4.06. The molecule has 66 valence electrons. The number of benzene rings is 1. The van der Waals surface area contributed by atoms with Crippen LogP contribution in [0.5, 0.6) is 0 Å². The molecule has 0 aliphatic rings. The number of halogens is 1. The Morgan fingerprint density at radius 2 is 2.08 bits per heavy atom. The van der Waals surface area contributed by atoms with Crippen molar-refractivity contribution in [3.8, 4) is 0 Å². The number of nitrogens with one attached hydrogen (secondary N) is 1. The summed E-state index contributed by atoms with van der Waals surface area (Å²) in [6.07, 6.45) is 0. The van der Waals surface area contributed by atoms with Crippen LogP contribution < -0.4 is 5.32 Å². The highest BCUT2D eigenvalue weighted by atomic mass is 35.5. The molecule has 0 amide bonds. The van der Waals surface area contributed by atoms with E-state index in [1.165, 1.54) is 5.56 Å². The van der Waals surface area contributed by atoms with Crippen molar-refractivity contribution in [2.24, 2.45) is 0 Å². The highest BCUT2D eigenvalue weighted by Crippen LogP contribution is 2.26. The molecule has 1 aromatic rings. The van der Waals surface area contributed by atoms with Gasteiger partial charge in [0.05, 0.1) is 16.6 Å². The summed E-state index contributed by atoms with van der Waals surface area (Å²) in [7, 11) is 0. The van der Waals surface area contributed by atoms with Gasteiger partial charge in [-0.2, -0.15) is 12.6 Å². The summed E-state index contributed by atoms with van der Waals surface area (Å²) in [4.78, 5) is 0. The predicted octanol–water partition coefficient (Wildman–Crippen LogP) is 3.26. The van der Waals surface area contributed by atoms with E-state index >= 15 is 0 Å². The summed E-state index contributed by atoms with van der Waals surface area (Å²) in [5, 5.41) is 3.87. The van der Waals surface area contributed by atoms with Gasteiger partial charge in [0, 0.05) is 0 Å². The highest BCUT2D eigenvalue weighted by Gasteiger charge is 2.02. The summed E-state index contributed by atoms with van der Waals surface area (Å²) in [5.41, 5.74) is 3.33. The number of aryl methyl sites for hydroxylation is 2. The monoisotopic (exact) mass is 201 g/mol. The van der Waals surface area contributed by atoms with Crippen LogP contribution in [0.4, 0.5) is 5.69 Å². The standard InChI is InChI=1S/C9H12ClNS/c1-6-3-7(2)9(11-5-12)8(10)4-6/h3-4,11-12H,5H2,1-2H3. The van der Waals surface area contributed by atoms with Crippen molar-refractivity contribution in [1.29, 1.82) is 0 Å². The molecule has 0 saturated heterocycles. The van der Waals surface area contributed by atoms with Crippen LogP contribution in [0.3, 0.4) is 0 Å². The average molecular weight is 202 g/mol. The van der Waals surface area contributed by atoms with E-state index in [0.29, 0.717) is 5.88 Å². The Labute approximate surface area is 83.5 Å². The Kier molecular flexibility index (Phi) is 3.29. The quantitative estimate of drug-likeness (QED) is 0.553. The zero-order valence-corrected chi connectivity index (χ0v) is 8.84. The predicted molar refractivity (Wildman–Crippen MR) is 58.4 cm³/mol. The Morgan fingerprint density at radius 3 is 2.58 bits per heavy atom. The Balaban J connectivity index is 3.10. The molecule has 0 unspecified atom stereocenters. The molecule has 0 heterocycles. The normalized spacial score (nSPS) is 10.0. The molecule has 0 bridgehead atoms. The van der Waals surface area contributed by atoms with E-state index < -0.39 is 0 Å². The molecule has 0 aliphatic carbocycles. The first-order valence-electron chi connectivity index (χ1n) is 3.76. The summed E-state index contributed by atoms with van der Waals surface area (Å²) in [6.45, 7) is 4.06. The molecule has 0 saturated carbocycles. The van der Waals surface area contributed by atoms with Gasteiger partial charge in [0.15, 0.2) is 0 Å². The van der Waals surface area contributed by atoms with Crippen molar-refractivity contribution in [3.05, 3.63) is 28.3 Å². The molecule has 0 radical (unpaired) electrons. The number of rotatable bonds is 2. The molecule has 0 aliphatic heterocycles. The minimum Gasteiger partial charge on any atom is -0.375 e. The van der Waals surface area contributed by atoms with Crippen molar-refractivity contribution in [3.63, 3.8) is 0 Å². The van der Waals surface area contributed by atoms with Gasteiger partial charge in [-0.25, -0.2) is 0 Å². The first kappa shape index (κ1) is 9.75. The van der Waals surface area contributed by atoms with Gasteiger partial charge in [-0.15, -0.1) is 0 Å². The maximum atomic E-state index is 6.02. The van der Waals surface area contributed by atoms with Crippen LogP contribution in [0.2, 0.25) is 5.02 Å². The molecule has 12 heavy (non-hydrogen) atoms. The van der Waals surface area contributed by atoms with Gasteiger partial charge < -0.3 is 5.32 Å². The van der Waals surface area contributed by atoms with Crippen LogP contribution in [-0.2, 0) is 0 Å². The summed E-state index contributed by atoms with van der Waals surface area (Å²) in [6, 6.07) is 4.04. The third kappa shape index (κ3) is 2.08. The van der Waals surface area contributed by atoms with Gasteiger partial charge in [0.1, 0.15) is 0 Å². The minimum absolute atomic E-state index is 0.601. The summed E-state index contributed by atoms with van der Waals surface area (Å²) >= 11 is 10.1. The molecule has 1 aromatic carbocycles. The van der Waals surface area contributed by atoms with Gasteiger partial charge >= 0.3 is 0 Å². The number of hydrogen-bond donors (Lipinski definition) is 2. The molecule has 1 N–H and O–H groups in total. The SMILES string of the molecule is Cc1cc(C)c(NCS)c(Cl)c1. The van der Waals surface area contributed by atoms with Crippen molar-refractivity contribution in [2.45, 2.75) is 13.8 Å². The molecular formula is C9H12ClNS. The van der Waals surface area contributed by atoms with Crippen LogP contribution in [0.25, 0.3) is 0 Å². The van der Waals surface area contributed by atoms with E-state index in [4.69, 9.17) is 11.6 Å². The number of thiol groups is 1. The fraction of sp³-hybridized carbons (Fsp3) is 0.333. The largest absolute Gasteiger partial charge is 0.375 e. The topological polar surface area (TPSA) is 12.0 Å². The summed E-state index contributed by atoms with van der Waals surface area (Å²) < 4.78 is 0. The van der Waals surface area contributed by atoms with E-state index in [-0.39, 0.29) is 0 Å². The van der Waals surface area contributed by atoms with Gasteiger partial charge in [-0.3, -0.25) is 0 Å². The van der Waals surface area contributed by atoms with Crippen LogP contribution in [0.15, 0.2) is 12.1 Å². The smallest absolute Gasteiger partial charge is 0.0643 e. The number of anilines is 1. The van der Waals surface area contributed by atoms with E-state index in [9.17, 15) is 0 Å². The van der Waals surface area contributed by atoms with E-state index in [2.05, 4.69) is 24.0 Å². The molecule has 0 aromatic heterocycles. The van der Waals surface area contributed by atoms with Gasteiger partial charge in [0.2, 0.25) is 0 Å². The number of hydrogen-bond acceptors (Lipinski definition) is 2. The lowest BCUT2D eigenvalue weighted by Gasteiger charge is -2.09. The van der Waals surface area contributed by atoms with Crippen molar-refractivity contribution >= 4 is 29.9 Å². The lowest BCUT2D eigenvalue weighted by Crippen LogP contribution is -1.98. The van der Waals surface area contributed by atoms with Crippen molar-refractivity contribution in [1.82, 2.24) is 0 Å². The fourth-order valence-electron chi connectivity index (χ4n) is 1.22. The third-order valence-corrected chi connectivity index (χ3v) is 2.14. The first-order valence-corrected chi connectivity index (χ1v) is 4.77. The molecule has 0 fully saturated rings. The Morgan fingerprint density at radius 1 is 1.42 bits per heavy atom. The second-order valence-electron chi connectivity index (χ2n) is 2.77. The van der Waals surface area contributed by atoms with Crippen LogP contribution in [0, 0.1) is 13.8 Å². The zero-order chi connectivity index (χ0) is 9.14. The average Bonchev–Trinajstić information content (AvgIpc) is 1.96. The van der Waals surface area contributed by atoms with Crippen molar-refractivity contribution < 1.29 is 0 Å². The Hall–Kier alpha value is -0.340. The molecule has 1 rings (SSSR count). The minimum atomic E-state index is 0.601. The maximum Gasteiger partial charge on any atom is 0.0643 e.